The monoisotopic (exact) mass is 436 g/mol. The van der Waals surface area contributed by atoms with Gasteiger partial charge >= 0.3 is 0 Å². The summed E-state index contributed by atoms with van der Waals surface area (Å²) in [4.78, 5) is 15.0. The molecule has 4 rings (SSSR count). The molecule has 1 heterocycles. The number of rotatable bonds is 4. The molecular weight excluding hydrogens is 416 g/mol. The minimum absolute atomic E-state index is 0.137. The van der Waals surface area contributed by atoms with Crippen LogP contribution in [-0.4, -0.2) is 13.0 Å². The van der Waals surface area contributed by atoms with Gasteiger partial charge in [-0.2, -0.15) is 0 Å². The van der Waals surface area contributed by atoms with E-state index in [0.717, 1.165) is 38.1 Å². The van der Waals surface area contributed by atoms with Crippen molar-refractivity contribution in [3.05, 3.63) is 88.5 Å². The number of carbonyl (C=O) groups is 1. The van der Waals surface area contributed by atoms with Crippen LogP contribution < -0.4 is 15.4 Å². The molecule has 0 saturated carbocycles. The van der Waals surface area contributed by atoms with Crippen molar-refractivity contribution in [3.8, 4) is 5.75 Å². The van der Waals surface area contributed by atoms with Crippen molar-refractivity contribution in [1.29, 1.82) is 0 Å². The van der Waals surface area contributed by atoms with Crippen molar-refractivity contribution in [2.75, 3.05) is 12.4 Å². The summed E-state index contributed by atoms with van der Waals surface area (Å²) in [6.45, 7) is 2.37. The van der Waals surface area contributed by atoms with Gasteiger partial charge in [-0.1, -0.05) is 47.6 Å². The van der Waals surface area contributed by atoms with Gasteiger partial charge in [-0.15, -0.1) is 0 Å². The van der Waals surface area contributed by atoms with E-state index in [0.29, 0.717) is 17.1 Å². The van der Waals surface area contributed by atoms with E-state index in [4.69, 9.17) is 16.3 Å². The van der Waals surface area contributed by atoms with Gasteiger partial charge < -0.3 is 15.4 Å². The number of fused-ring (bicyclic) bond motifs is 2. The molecule has 1 aliphatic rings. The minimum atomic E-state index is -0.137. The van der Waals surface area contributed by atoms with E-state index < -0.39 is 0 Å². The van der Waals surface area contributed by atoms with Crippen molar-refractivity contribution in [3.63, 3.8) is 0 Å². The predicted molar refractivity (Wildman–Crippen MR) is 123 cm³/mol. The Bertz CT molecular complexity index is 1140. The van der Waals surface area contributed by atoms with Gasteiger partial charge in [-0.25, -0.2) is 0 Å². The molecule has 3 aromatic rings. The summed E-state index contributed by atoms with van der Waals surface area (Å²) in [6, 6.07) is 19.2. The number of para-hydroxylation sites is 1. The average Bonchev–Trinajstić information content (AvgIpc) is 2.93. The first-order chi connectivity index (χ1) is 14.6. The molecule has 0 bridgehead atoms. The van der Waals surface area contributed by atoms with Gasteiger partial charge in [-0.3, -0.25) is 4.79 Å². The van der Waals surface area contributed by atoms with E-state index in [1.807, 2.05) is 73.7 Å². The molecule has 0 saturated heterocycles. The Morgan fingerprint density at radius 3 is 2.73 bits per heavy atom. The number of hydrogen-bond acceptors (Lipinski definition) is 4. The number of benzene rings is 3. The highest BCUT2D eigenvalue weighted by Gasteiger charge is 2.19. The van der Waals surface area contributed by atoms with Crippen LogP contribution in [0.1, 0.15) is 28.4 Å². The van der Waals surface area contributed by atoms with Gasteiger partial charge in [0.15, 0.2) is 0 Å². The Balaban J connectivity index is 1.57. The van der Waals surface area contributed by atoms with Gasteiger partial charge in [0.1, 0.15) is 5.75 Å². The average molecular weight is 437 g/mol. The molecular formula is C24H21ClN2O2S. The zero-order valence-corrected chi connectivity index (χ0v) is 18.2. The fraction of sp³-hybridized carbons (Fsp3) is 0.125. The SMILES string of the molecule is CC=C1Nc2cc(C(=O)NCc3ccccc3OC)ccc2Sc2ccc(Cl)cc21. The molecule has 3 aromatic carbocycles. The van der Waals surface area contributed by atoms with Crippen molar-refractivity contribution in [2.45, 2.75) is 23.3 Å². The zero-order chi connectivity index (χ0) is 21.1. The number of ether oxygens (including phenoxy) is 1. The van der Waals surface area contributed by atoms with Crippen molar-refractivity contribution < 1.29 is 9.53 Å². The molecule has 152 valence electrons. The Hall–Kier alpha value is -2.89. The maximum Gasteiger partial charge on any atom is 0.251 e. The lowest BCUT2D eigenvalue weighted by Crippen LogP contribution is -2.23. The van der Waals surface area contributed by atoms with E-state index in [9.17, 15) is 4.79 Å². The van der Waals surface area contributed by atoms with Gasteiger partial charge in [0.05, 0.1) is 12.8 Å². The molecule has 1 aliphatic heterocycles. The summed E-state index contributed by atoms with van der Waals surface area (Å²) >= 11 is 7.87. The van der Waals surface area contributed by atoms with E-state index in [1.54, 1.807) is 18.9 Å². The van der Waals surface area contributed by atoms with Crippen LogP contribution in [-0.2, 0) is 6.54 Å². The quantitative estimate of drug-likeness (QED) is 0.510. The Morgan fingerprint density at radius 1 is 1.13 bits per heavy atom. The van der Waals surface area contributed by atoms with Crippen LogP contribution in [0.25, 0.3) is 5.70 Å². The minimum Gasteiger partial charge on any atom is -0.496 e. The second-order valence-corrected chi connectivity index (χ2v) is 8.30. The summed E-state index contributed by atoms with van der Waals surface area (Å²) in [5.41, 5.74) is 4.43. The van der Waals surface area contributed by atoms with Crippen LogP contribution in [0.5, 0.6) is 5.75 Å². The maximum absolute atomic E-state index is 12.8. The predicted octanol–water partition coefficient (Wildman–Crippen LogP) is 6.22. The molecule has 1 amide bonds. The summed E-state index contributed by atoms with van der Waals surface area (Å²) in [5, 5.41) is 7.13. The molecule has 2 N–H and O–H groups in total. The lowest BCUT2D eigenvalue weighted by atomic mass is 10.1. The number of methoxy groups -OCH3 is 1. The van der Waals surface area contributed by atoms with Crippen molar-refractivity contribution >= 4 is 40.7 Å². The highest BCUT2D eigenvalue weighted by Crippen LogP contribution is 2.43. The second-order valence-electron chi connectivity index (χ2n) is 6.78. The smallest absolute Gasteiger partial charge is 0.251 e. The fourth-order valence-electron chi connectivity index (χ4n) is 3.34. The molecule has 0 fully saturated rings. The van der Waals surface area contributed by atoms with Gasteiger partial charge in [-0.05, 0) is 49.4 Å². The Labute approximate surface area is 185 Å². The summed E-state index contributed by atoms with van der Waals surface area (Å²) in [6.07, 6.45) is 2.01. The third kappa shape index (κ3) is 4.18. The first-order valence-corrected chi connectivity index (χ1v) is 10.7. The molecule has 0 atom stereocenters. The van der Waals surface area contributed by atoms with Crippen LogP contribution in [0.4, 0.5) is 5.69 Å². The second kappa shape index (κ2) is 8.86. The third-order valence-electron chi connectivity index (χ3n) is 4.88. The van der Waals surface area contributed by atoms with Crippen molar-refractivity contribution in [2.24, 2.45) is 0 Å². The molecule has 0 unspecified atom stereocenters. The summed E-state index contributed by atoms with van der Waals surface area (Å²) < 4.78 is 5.36. The van der Waals surface area contributed by atoms with Gasteiger partial charge in [0, 0.05) is 43.7 Å². The molecule has 0 aliphatic carbocycles. The summed E-state index contributed by atoms with van der Waals surface area (Å²) in [7, 11) is 1.63. The van der Waals surface area contributed by atoms with E-state index in [2.05, 4.69) is 10.6 Å². The number of anilines is 1. The highest BCUT2D eigenvalue weighted by molar-refractivity contribution is 7.99. The molecule has 30 heavy (non-hydrogen) atoms. The van der Waals surface area contributed by atoms with Crippen LogP contribution in [0.2, 0.25) is 5.02 Å². The number of amides is 1. The lowest BCUT2D eigenvalue weighted by Gasteiger charge is -2.13. The number of carbonyl (C=O) groups excluding carboxylic acids is 1. The molecule has 0 spiro atoms. The van der Waals surface area contributed by atoms with Crippen molar-refractivity contribution in [1.82, 2.24) is 5.32 Å². The molecule has 6 heteroatoms. The van der Waals surface area contributed by atoms with Crippen LogP contribution in [0, 0.1) is 0 Å². The summed E-state index contributed by atoms with van der Waals surface area (Å²) in [5.74, 6) is 0.620. The number of hydrogen-bond donors (Lipinski definition) is 2. The normalized spacial score (nSPS) is 13.6. The first kappa shape index (κ1) is 20.4. The Morgan fingerprint density at radius 2 is 1.93 bits per heavy atom. The highest BCUT2D eigenvalue weighted by atomic mass is 35.5. The lowest BCUT2D eigenvalue weighted by molar-refractivity contribution is 0.0950. The van der Waals surface area contributed by atoms with E-state index >= 15 is 0 Å². The molecule has 0 aromatic heterocycles. The van der Waals surface area contributed by atoms with E-state index in [-0.39, 0.29) is 5.91 Å². The van der Waals surface area contributed by atoms with Gasteiger partial charge in [0.25, 0.3) is 5.91 Å². The number of allylic oxidation sites excluding steroid dienone is 1. The number of halogens is 1. The fourth-order valence-corrected chi connectivity index (χ4v) is 4.52. The molecule has 0 radical (unpaired) electrons. The van der Waals surface area contributed by atoms with Crippen LogP contribution >= 0.6 is 23.4 Å². The Kier molecular flexibility index (Phi) is 6.02. The largest absolute Gasteiger partial charge is 0.496 e. The molecule has 4 nitrogen and oxygen atoms in total. The first-order valence-electron chi connectivity index (χ1n) is 9.54. The third-order valence-corrected chi connectivity index (χ3v) is 6.27. The topological polar surface area (TPSA) is 50.4 Å². The van der Waals surface area contributed by atoms with Gasteiger partial charge in [0.2, 0.25) is 0 Å². The van der Waals surface area contributed by atoms with E-state index in [1.165, 1.54) is 0 Å². The standard InChI is InChI=1S/C24H21ClN2O2S/c1-3-19-18-13-17(25)9-11-22(18)30-23-10-8-15(12-20(23)27-19)24(28)26-14-16-6-4-5-7-21(16)29-2/h3-13,27H,14H2,1-2H3,(H,26,28). The zero-order valence-electron chi connectivity index (χ0n) is 16.7. The maximum atomic E-state index is 12.8. The van der Waals surface area contributed by atoms with Crippen LogP contribution in [0.3, 0.4) is 0 Å². The van der Waals surface area contributed by atoms with Crippen LogP contribution in [0.15, 0.2) is 76.5 Å². The number of nitrogens with one attached hydrogen (secondary N) is 2.